The van der Waals surface area contributed by atoms with E-state index in [1.807, 2.05) is 0 Å². The van der Waals surface area contributed by atoms with Crippen LogP contribution in [-0.2, 0) is 11.3 Å². The largest absolute Gasteiger partial charge is 0.383 e. The molecule has 1 aromatic heterocycles. The van der Waals surface area contributed by atoms with Crippen LogP contribution in [0.3, 0.4) is 0 Å². The molecule has 106 valence electrons. The molecule has 0 bridgehead atoms. The van der Waals surface area contributed by atoms with Crippen LogP contribution in [0.25, 0.3) is 0 Å². The molecule has 7 nitrogen and oxygen atoms in total. The number of nitrogens with one attached hydrogen (secondary N) is 2. The highest BCUT2D eigenvalue weighted by atomic mass is 16.5. The minimum atomic E-state index is -0.204. The Morgan fingerprint density at radius 2 is 2.58 bits per heavy atom. The van der Waals surface area contributed by atoms with E-state index in [0.29, 0.717) is 24.8 Å². The second kappa shape index (κ2) is 7.20. The summed E-state index contributed by atoms with van der Waals surface area (Å²) in [6.45, 7) is 3.89. The lowest BCUT2D eigenvalue weighted by molar-refractivity contribution is 0.0932. The van der Waals surface area contributed by atoms with E-state index in [1.165, 1.54) is 12.8 Å². The van der Waals surface area contributed by atoms with E-state index in [0.717, 1.165) is 19.6 Å². The lowest BCUT2D eigenvalue weighted by Gasteiger charge is -2.22. The van der Waals surface area contributed by atoms with E-state index in [4.69, 9.17) is 4.74 Å². The van der Waals surface area contributed by atoms with Crippen LogP contribution in [0.1, 0.15) is 23.3 Å². The molecule has 0 spiro atoms. The highest BCUT2D eigenvalue weighted by Gasteiger charge is 2.16. The third kappa shape index (κ3) is 4.29. The summed E-state index contributed by atoms with van der Waals surface area (Å²) in [7, 11) is 1.60. The molecule has 2 heterocycles. The van der Waals surface area contributed by atoms with Gasteiger partial charge in [0.2, 0.25) is 0 Å². The zero-order valence-corrected chi connectivity index (χ0v) is 11.3. The van der Waals surface area contributed by atoms with Crippen molar-refractivity contribution in [3.05, 3.63) is 11.9 Å². The molecule has 0 saturated carbocycles. The number of hydrogen-bond acceptors (Lipinski definition) is 5. The minimum absolute atomic E-state index is 0.204. The Kier molecular flexibility index (Phi) is 5.29. The molecule has 1 unspecified atom stereocenters. The summed E-state index contributed by atoms with van der Waals surface area (Å²) in [4.78, 5) is 11.7. The lowest BCUT2D eigenvalue weighted by atomic mass is 10.00. The van der Waals surface area contributed by atoms with E-state index in [2.05, 4.69) is 20.9 Å². The monoisotopic (exact) mass is 267 g/mol. The van der Waals surface area contributed by atoms with Gasteiger partial charge in [-0.25, -0.2) is 0 Å². The smallest absolute Gasteiger partial charge is 0.273 e. The highest BCUT2D eigenvalue weighted by molar-refractivity contribution is 5.91. The SMILES string of the molecule is COCCNC(=O)c1cn(CC2CCCNC2)nn1. The topological polar surface area (TPSA) is 81.1 Å². The van der Waals surface area contributed by atoms with Gasteiger partial charge in [-0.2, -0.15) is 0 Å². The van der Waals surface area contributed by atoms with E-state index in [9.17, 15) is 4.79 Å². The molecular weight excluding hydrogens is 246 g/mol. The second-order valence-corrected chi connectivity index (χ2v) is 4.79. The fourth-order valence-electron chi connectivity index (χ4n) is 2.19. The number of hydrogen-bond donors (Lipinski definition) is 2. The van der Waals surface area contributed by atoms with Gasteiger partial charge in [0.15, 0.2) is 5.69 Å². The van der Waals surface area contributed by atoms with Crippen molar-refractivity contribution in [2.24, 2.45) is 5.92 Å². The summed E-state index contributed by atoms with van der Waals surface area (Å²) in [5.74, 6) is 0.366. The molecule has 0 radical (unpaired) electrons. The Morgan fingerprint density at radius 3 is 3.32 bits per heavy atom. The molecule has 1 fully saturated rings. The first-order valence-corrected chi connectivity index (χ1v) is 6.67. The summed E-state index contributed by atoms with van der Waals surface area (Å²) < 4.78 is 6.62. The van der Waals surface area contributed by atoms with Gasteiger partial charge < -0.3 is 15.4 Å². The third-order valence-corrected chi connectivity index (χ3v) is 3.21. The maximum atomic E-state index is 11.7. The number of ether oxygens (including phenoxy) is 1. The van der Waals surface area contributed by atoms with Crippen molar-refractivity contribution < 1.29 is 9.53 Å². The second-order valence-electron chi connectivity index (χ2n) is 4.79. The van der Waals surface area contributed by atoms with Crippen LogP contribution >= 0.6 is 0 Å². The molecule has 2 N–H and O–H groups in total. The fourth-order valence-corrected chi connectivity index (χ4v) is 2.19. The number of aromatic nitrogens is 3. The Hall–Kier alpha value is -1.47. The molecule has 1 saturated heterocycles. The fraction of sp³-hybridized carbons (Fsp3) is 0.750. The van der Waals surface area contributed by atoms with Crippen LogP contribution in [0.5, 0.6) is 0 Å². The molecule has 2 rings (SSSR count). The van der Waals surface area contributed by atoms with E-state index >= 15 is 0 Å². The highest BCUT2D eigenvalue weighted by Crippen LogP contribution is 2.11. The normalized spacial score (nSPS) is 19.3. The number of nitrogens with zero attached hydrogens (tertiary/aromatic N) is 3. The molecule has 1 aliphatic heterocycles. The standard InChI is InChI=1S/C12H21N5O2/c1-19-6-5-14-12(18)11-9-17(16-15-11)8-10-3-2-4-13-7-10/h9-10,13H,2-8H2,1H3,(H,14,18). The van der Waals surface area contributed by atoms with E-state index in [1.54, 1.807) is 18.0 Å². The van der Waals surface area contributed by atoms with Crippen molar-refractivity contribution in [3.63, 3.8) is 0 Å². The molecule has 1 amide bonds. The minimum Gasteiger partial charge on any atom is -0.383 e. The first kappa shape index (κ1) is 14.0. The van der Waals surface area contributed by atoms with Gasteiger partial charge >= 0.3 is 0 Å². The van der Waals surface area contributed by atoms with Gasteiger partial charge in [-0.05, 0) is 31.8 Å². The average Bonchev–Trinajstić information content (AvgIpc) is 2.89. The van der Waals surface area contributed by atoms with Crippen molar-refractivity contribution in [1.29, 1.82) is 0 Å². The molecule has 0 aliphatic carbocycles. The molecular formula is C12H21N5O2. The van der Waals surface area contributed by atoms with Crippen molar-refractivity contribution in [3.8, 4) is 0 Å². The first-order chi connectivity index (χ1) is 9.29. The van der Waals surface area contributed by atoms with Gasteiger partial charge in [0.1, 0.15) is 0 Å². The molecule has 1 atom stereocenters. The number of amides is 1. The van der Waals surface area contributed by atoms with Gasteiger partial charge in [-0.3, -0.25) is 9.48 Å². The summed E-state index contributed by atoms with van der Waals surface area (Å²) in [5, 5.41) is 14.0. The number of methoxy groups -OCH3 is 1. The van der Waals surface area contributed by atoms with Crippen LogP contribution in [0.2, 0.25) is 0 Å². The van der Waals surface area contributed by atoms with Crippen LogP contribution < -0.4 is 10.6 Å². The number of carbonyl (C=O) groups excluding carboxylic acids is 1. The molecule has 0 aromatic carbocycles. The van der Waals surface area contributed by atoms with E-state index in [-0.39, 0.29) is 5.91 Å². The van der Waals surface area contributed by atoms with Gasteiger partial charge in [0.25, 0.3) is 5.91 Å². The number of piperidine rings is 1. The quantitative estimate of drug-likeness (QED) is 0.689. The van der Waals surface area contributed by atoms with Crippen molar-refractivity contribution in [2.75, 3.05) is 33.4 Å². The maximum Gasteiger partial charge on any atom is 0.273 e. The summed E-state index contributed by atoms with van der Waals surface area (Å²) in [5.41, 5.74) is 0.361. The molecule has 1 aromatic rings. The predicted octanol–water partition coefficient (Wildman–Crippen LogP) is -0.346. The van der Waals surface area contributed by atoms with Crippen LogP contribution in [0.4, 0.5) is 0 Å². The Morgan fingerprint density at radius 1 is 1.68 bits per heavy atom. The summed E-state index contributed by atoms with van der Waals surface area (Å²) >= 11 is 0. The van der Waals surface area contributed by atoms with Gasteiger partial charge in [-0.1, -0.05) is 5.21 Å². The zero-order valence-electron chi connectivity index (χ0n) is 11.3. The average molecular weight is 267 g/mol. The summed E-state index contributed by atoms with van der Waals surface area (Å²) in [6.07, 6.45) is 4.10. The Balaban J connectivity index is 1.82. The van der Waals surface area contributed by atoms with Gasteiger partial charge in [0.05, 0.1) is 12.8 Å². The first-order valence-electron chi connectivity index (χ1n) is 6.67. The molecule has 19 heavy (non-hydrogen) atoms. The van der Waals surface area contributed by atoms with Crippen molar-refractivity contribution in [2.45, 2.75) is 19.4 Å². The Labute approximate surface area is 112 Å². The van der Waals surface area contributed by atoms with Gasteiger partial charge in [-0.15, -0.1) is 5.10 Å². The van der Waals surface area contributed by atoms with Crippen LogP contribution in [0, 0.1) is 5.92 Å². The lowest BCUT2D eigenvalue weighted by Crippen LogP contribution is -2.32. The van der Waals surface area contributed by atoms with Gasteiger partial charge in [0, 0.05) is 20.2 Å². The third-order valence-electron chi connectivity index (χ3n) is 3.21. The van der Waals surface area contributed by atoms with Crippen molar-refractivity contribution in [1.82, 2.24) is 25.6 Å². The summed E-state index contributed by atoms with van der Waals surface area (Å²) in [6, 6.07) is 0. The van der Waals surface area contributed by atoms with Crippen LogP contribution in [0.15, 0.2) is 6.20 Å². The Bertz CT molecular complexity index is 401. The number of carbonyl (C=O) groups is 1. The molecule has 7 heteroatoms. The zero-order chi connectivity index (χ0) is 13.5. The van der Waals surface area contributed by atoms with Crippen molar-refractivity contribution >= 4 is 5.91 Å². The predicted molar refractivity (Wildman–Crippen MR) is 69.8 cm³/mol. The van der Waals surface area contributed by atoms with E-state index < -0.39 is 0 Å². The number of rotatable bonds is 6. The van der Waals surface area contributed by atoms with Crippen LogP contribution in [-0.4, -0.2) is 54.3 Å². The molecule has 1 aliphatic rings. The maximum absolute atomic E-state index is 11.7.